The Bertz CT molecular complexity index is 508. The van der Waals surface area contributed by atoms with E-state index in [1.54, 1.807) is 0 Å². The molecule has 0 aliphatic rings. The summed E-state index contributed by atoms with van der Waals surface area (Å²) in [6, 6.07) is 21.0. The number of benzene rings is 2. The Hall–Kier alpha value is -1.64. The average Bonchev–Trinajstić information content (AvgIpc) is 2.59. The van der Waals surface area contributed by atoms with Gasteiger partial charge in [0, 0.05) is 6.54 Å². The quantitative estimate of drug-likeness (QED) is 0.689. The molecular formula is C20H27NO. The predicted octanol–water partition coefficient (Wildman–Crippen LogP) is 4.16. The molecule has 0 fully saturated rings. The first-order valence-electron chi connectivity index (χ1n) is 8.23. The molecule has 2 aromatic rings. The highest BCUT2D eigenvalue weighted by Gasteiger charge is 2.14. The standard InChI is InChI=1S/C20H27NO/c1-3-21(4-2)16-20(15-18-11-7-5-8-12-18)22-17-19-13-9-6-10-14-19/h5-14,20H,3-4,15-17H2,1-2H3/t20-/m1/s1. The van der Waals surface area contributed by atoms with E-state index in [9.17, 15) is 0 Å². The molecule has 0 N–H and O–H groups in total. The Morgan fingerprint density at radius 2 is 1.36 bits per heavy atom. The van der Waals surface area contributed by atoms with Crippen LogP contribution < -0.4 is 0 Å². The van der Waals surface area contributed by atoms with E-state index in [-0.39, 0.29) is 6.10 Å². The lowest BCUT2D eigenvalue weighted by Crippen LogP contribution is -2.35. The van der Waals surface area contributed by atoms with Crippen molar-refractivity contribution >= 4 is 0 Å². The molecule has 1 atom stereocenters. The van der Waals surface area contributed by atoms with Gasteiger partial charge in [0.05, 0.1) is 12.7 Å². The zero-order chi connectivity index (χ0) is 15.6. The van der Waals surface area contributed by atoms with Crippen LogP contribution in [-0.4, -0.2) is 30.6 Å². The van der Waals surface area contributed by atoms with Gasteiger partial charge in [-0.2, -0.15) is 0 Å². The summed E-state index contributed by atoms with van der Waals surface area (Å²) >= 11 is 0. The van der Waals surface area contributed by atoms with Gasteiger partial charge in [0.25, 0.3) is 0 Å². The molecule has 0 aliphatic heterocycles. The Morgan fingerprint density at radius 3 is 1.91 bits per heavy atom. The zero-order valence-electron chi connectivity index (χ0n) is 13.7. The molecule has 0 spiro atoms. The van der Waals surface area contributed by atoms with Gasteiger partial charge >= 0.3 is 0 Å². The van der Waals surface area contributed by atoms with E-state index in [4.69, 9.17) is 4.74 Å². The van der Waals surface area contributed by atoms with Crippen LogP contribution in [0.15, 0.2) is 60.7 Å². The van der Waals surface area contributed by atoms with Crippen molar-refractivity contribution in [2.75, 3.05) is 19.6 Å². The van der Waals surface area contributed by atoms with Crippen molar-refractivity contribution in [1.82, 2.24) is 4.90 Å². The zero-order valence-corrected chi connectivity index (χ0v) is 13.7. The maximum absolute atomic E-state index is 6.22. The van der Waals surface area contributed by atoms with E-state index >= 15 is 0 Å². The Balaban J connectivity index is 1.97. The highest BCUT2D eigenvalue weighted by molar-refractivity contribution is 5.16. The molecule has 0 saturated heterocycles. The summed E-state index contributed by atoms with van der Waals surface area (Å²) in [7, 11) is 0. The summed E-state index contributed by atoms with van der Waals surface area (Å²) in [5, 5.41) is 0. The van der Waals surface area contributed by atoms with Crippen LogP contribution in [0.1, 0.15) is 25.0 Å². The summed E-state index contributed by atoms with van der Waals surface area (Å²) in [6.07, 6.45) is 1.19. The van der Waals surface area contributed by atoms with Crippen molar-refractivity contribution in [1.29, 1.82) is 0 Å². The van der Waals surface area contributed by atoms with Gasteiger partial charge in [-0.05, 0) is 30.6 Å². The van der Waals surface area contributed by atoms with E-state index in [1.807, 2.05) is 6.07 Å². The third kappa shape index (κ3) is 5.63. The molecular weight excluding hydrogens is 270 g/mol. The normalized spacial score (nSPS) is 12.5. The van der Waals surface area contributed by atoms with Crippen LogP contribution in [0.25, 0.3) is 0 Å². The van der Waals surface area contributed by atoms with E-state index in [0.717, 1.165) is 26.1 Å². The van der Waals surface area contributed by atoms with Crippen molar-refractivity contribution in [3.8, 4) is 0 Å². The number of likely N-dealkylation sites (N-methyl/N-ethyl adjacent to an activating group) is 1. The van der Waals surface area contributed by atoms with Crippen LogP contribution in [0.2, 0.25) is 0 Å². The lowest BCUT2D eigenvalue weighted by atomic mass is 10.1. The molecule has 118 valence electrons. The monoisotopic (exact) mass is 297 g/mol. The fourth-order valence-electron chi connectivity index (χ4n) is 2.61. The van der Waals surface area contributed by atoms with E-state index in [2.05, 4.69) is 73.3 Å². The lowest BCUT2D eigenvalue weighted by molar-refractivity contribution is 0.0174. The summed E-state index contributed by atoms with van der Waals surface area (Å²) in [5.74, 6) is 0. The molecule has 0 unspecified atom stereocenters. The molecule has 0 radical (unpaired) electrons. The third-order valence-corrected chi connectivity index (χ3v) is 3.99. The van der Waals surface area contributed by atoms with Crippen molar-refractivity contribution in [2.24, 2.45) is 0 Å². The largest absolute Gasteiger partial charge is 0.372 e. The summed E-state index contributed by atoms with van der Waals surface area (Å²) in [6.45, 7) is 8.21. The minimum atomic E-state index is 0.225. The molecule has 2 heteroatoms. The SMILES string of the molecule is CCN(CC)C[C@@H](Cc1ccccc1)OCc1ccccc1. The van der Waals surface area contributed by atoms with Crippen molar-refractivity contribution in [3.05, 3.63) is 71.8 Å². The van der Waals surface area contributed by atoms with E-state index in [0.29, 0.717) is 6.61 Å². The molecule has 0 aliphatic carbocycles. The fourth-order valence-corrected chi connectivity index (χ4v) is 2.61. The maximum Gasteiger partial charge on any atom is 0.0746 e. The smallest absolute Gasteiger partial charge is 0.0746 e. The van der Waals surface area contributed by atoms with Gasteiger partial charge in [0.2, 0.25) is 0 Å². The van der Waals surface area contributed by atoms with Gasteiger partial charge < -0.3 is 9.64 Å². The fraction of sp³-hybridized carbons (Fsp3) is 0.400. The summed E-state index contributed by atoms with van der Waals surface area (Å²) < 4.78 is 6.22. The van der Waals surface area contributed by atoms with E-state index < -0.39 is 0 Å². The van der Waals surface area contributed by atoms with Crippen LogP contribution in [0.4, 0.5) is 0 Å². The van der Waals surface area contributed by atoms with E-state index in [1.165, 1.54) is 11.1 Å². The number of hydrogen-bond acceptors (Lipinski definition) is 2. The maximum atomic E-state index is 6.22. The Kier molecular flexibility index (Phi) is 7.14. The number of nitrogens with zero attached hydrogens (tertiary/aromatic N) is 1. The van der Waals surface area contributed by atoms with Gasteiger partial charge in [-0.25, -0.2) is 0 Å². The highest BCUT2D eigenvalue weighted by atomic mass is 16.5. The van der Waals surface area contributed by atoms with Gasteiger partial charge in [-0.3, -0.25) is 0 Å². The number of hydrogen-bond donors (Lipinski definition) is 0. The van der Waals surface area contributed by atoms with Gasteiger partial charge in [-0.1, -0.05) is 74.5 Å². The first-order valence-corrected chi connectivity index (χ1v) is 8.23. The van der Waals surface area contributed by atoms with Crippen molar-refractivity contribution in [3.63, 3.8) is 0 Å². The average molecular weight is 297 g/mol. The summed E-state index contributed by atoms with van der Waals surface area (Å²) in [5.41, 5.74) is 2.58. The van der Waals surface area contributed by atoms with Gasteiger partial charge in [0.1, 0.15) is 0 Å². The number of ether oxygens (including phenoxy) is 1. The second kappa shape index (κ2) is 9.39. The highest BCUT2D eigenvalue weighted by Crippen LogP contribution is 2.11. The minimum absolute atomic E-state index is 0.225. The number of rotatable bonds is 9. The summed E-state index contributed by atoms with van der Waals surface area (Å²) in [4.78, 5) is 2.43. The Labute approximate surface area is 134 Å². The second-order valence-corrected chi connectivity index (χ2v) is 5.59. The van der Waals surface area contributed by atoms with Gasteiger partial charge in [0.15, 0.2) is 0 Å². The molecule has 0 saturated carbocycles. The van der Waals surface area contributed by atoms with Crippen LogP contribution in [-0.2, 0) is 17.8 Å². The molecule has 0 heterocycles. The molecule has 22 heavy (non-hydrogen) atoms. The van der Waals surface area contributed by atoms with Crippen LogP contribution in [0.3, 0.4) is 0 Å². The molecule has 0 bridgehead atoms. The van der Waals surface area contributed by atoms with Gasteiger partial charge in [-0.15, -0.1) is 0 Å². The Morgan fingerprint density at radius 1 is 0.818 bits per heavy atom. The molecule has 0 amide bonds. The minimum Gasteiger partial charge on any atom is -0.372 e. The van der Waals surface area contributed by atoms with Crippen molar-refractivity contribution < 1.29 is 4.74 Å². The second-order valence-electron chi connectivity index (χ2n) is 5.59. The van der Waals surface area contributed by atoms with Crippen LogP contribution in [0, 0.1) is 0 Å². The topological polar surface area (TPSA) is 12.5 Å². The third-order valence-electron chi connectivity index (χ3n) is 3.99. The lowest BCUT2D eigenvalue weighted by Gasteiger charge is -2.26. The molecule has 2 aromatic carbocycles. The molecule has 0 aromatic heterocycles. The molecule has 2 rings (SSSR count). The first kappa shape index (κ1) is 16.7. The van der Waals surface area contributed by atoms with Crippen LogP contribution in [0.5, 0.6) is 0 Å². The molecule has 2 nitrogen and oxygen atoms in total. The first-order chi connectivity index (χ1) is 10.8. The van der Waals surface area contributed by atoms with Crippen LogP contribution >= 0.6 is 0 Å². The van der Waals surface area contributed by atoms with Crippen molar-refractivity contribution in [2.45, 2.75) is 33.0 Å². The predicted molar refractivity (Wildman–Crippen MR) is 93.0 cm³/mol.